The molecule has 0 amide bonds. The first-order valence-electron chi connectivity index (χ1n) is 12.0. The van der Waals surface area contributed by atoms with Crippen LogP contribution in [0.25, 0.3) is 60.7 Å². The van der Waals surface area contributed by atoms with E-state index >= 15 is 0 Å². The van der Waals surface area contributed by atoms with Crippen LogP contribution in [0.15, 0.2) is 85.3 Å². The number of benzene rings is 3. The van der Waals surface area contributed by atoms with Gasteiger partial charge in [0.25, 0.3) is 0 Å². The molecule has 4 aromatic heterocycles. The fraction of sp³-hybridized carbons (Fsp3) is 0.0645. The van der Waals surface area contributed by atoms with E-state index in [0.717, 1.165) is 51.3 Å². The zero-order valence-corrected chi connectivity index (χ0v) is 18.8. The van der Waals surface area contributed by atoms with Gasteiger partial charge in [-0.2, -0.15) is 0 Å². The van der Waals surface area contributed by atoms with Crippen molar-refractivity contribution in [2.24, 2.45) is 0 Å². The lowest BCUT2D eigenvalue weighted by Crippen LogP contribution is -1.93. The van der Waals surface area contributed by atoms with Crippen molar-refractivity contribution in [3.05, 3.63) is 108 Å². The number of imidazole rings is 1. The van der Waals surface area contributed by atoms with E-state index in [1.807, 2.05) is 24.7 Å². The molecule has 4 heterocycles. The van der Waals surface area contributed by atoms with Crippen LogP contribution in [-0.2, 0) is 12.8 Å². The van der Waals surface area contributed by atoms with Crippen molar-refractivity contribution >= 4 is 38.5 Å². The van der Waals surface area contributed by atoms with Crippen LogP contribution in [0.3, 0.4) is 0 Å². The molecule has 0 spiro atoms. The average Bonchev–Trinajstić information content (AvgIpc) is 3.60. The maximum absolute atomic E-state index is 5.28. The smallest absolute Gasteiger partial charge is 0.148 e. The maximum Gasteiger partial charge on any atom is 0.148 e. The van der Waals surface area contributed by atoms with Crippen LogP contribution in [0.4, 0.5) is 0 Å². The van der Waals surface area contributed by atoms with Gasteiger partial charge in [-0.15, -0.1) is 0 Å². The van der Waals surface area contributed by atoms with Crippen LogP contribution >= 0.6 is 0 Å². The number of pyridine rings is 3. The molecule has 0 unspecified atom stereocenters. The molecule has 4 heteroatoms. The zero-order valence-electron chi connectivity index (χ0n) is 18.8. The van der Waals surface area contributed by atoms with Gasteiger partial charge >= 0.3 is 0 Å². The Bertz CT molecular complexity index is 2070. The number of hydrogen-bond acceptors (Lipinski definition) is 3. The van der Waals surface area contributed by atoms with E-state index in [-0.39, 0.29) is 0 Å². The quantitative estimate of drug-likeness (QED) is 0.243. The van der Waals surface area contributed by atoms with Gasteiger partial charge in [0.05, 0.1) is 28.3 Å². The third kappa shape index (κ3) is 2.11. The van der Waals surface area contributed by atoms with Crippen LogP contribution in [0.1, 0.15) is 22.3 Å². The third-order valence-electron chi connectivity index (χ3n) is 8.03. The minimum Gasteiger partial charge on any atom is -0.290 e. The normalized spacial score (nSPS) is 13.5. The molecule has 0 saturated heterocycles. The monoisotopic (exact) mass is 446 g/mol. The number of hydrogen-bond donors (Lipinski definition) is 0. The van der Waals surface area contributed by atoms with Crippen molar-refractivity contribution in [2.45, 2.75) is 12.8 Å². The Morgan fingerprint density at radius 3 is 2.40 bits per heavy atom. The molecule has 3 aromatic carbocycles. The topological polar surface area (TPSA) is 43.1 Å². The largest absolute Gasteiger partial charge is 0.290 e. The lowest BCUT2D eigenvalue weighted by Gasteiger charge is -2.08. The van der Waals surface area contributed by atoms with Crippen LogP contribution in [0, 0.1) is 0 Å². The first kappa shape index (κ1) is 17.8. The fourth-order valence-corrected chi connectivity index (χ4v) is 6.53. The number of rotatable bonds is 0. The highest BCUT2D eigenvalue weighted by atomic mass is 15.0. The summed E-state index contributed by atoms with van der Waals surface area (Å²) in [4.78, 5) is 14.4. The molecular weight excluding hydrogens is 428 g/mol. The summed E-state index contributed by atoms with van der Waals surface area (Å²) in [6.07, 6.45) is 7.57. The lowest BCUT2D eigenvalue weighted by atomic mass is 9.96. The summed E-state index contributed by atoms with van der Waals surface area (Å²) >= 11 is 0. The third-order valence-corrected chi connectivity index (χ3v) is 8.03. The Labute approximate surface area is 200 Å². The molecule has 0 aliphatic heterocycles. The molecular formula is C31H18N4. The predicted molar refractivity (Wildman–Crippen MR) is 140 cm³/mol. The summed E-state index contributed by atoms with van der Waals surface area (Å²) in [6, 6.07) is 24.2. The van der Waals surface area contributed by atoms with Crippen molar-refractivity contribution in [1.29, 1.82) is 0 Å². The SMILES string of the molecule is c1ccc2c(c1)Cc1c-2ccc2c1Cc1c-2ccc2c1nc1c3cccnc3c3ccncc3n21. The minimum atomic E-state index is 0.926. The molecule has 7 aromatic rings. The van der Waals surface area contributed by atoms with Crippen molar-refractivity contribution in [3.8, 4) is 22.3 Å². The highest BCUT2D eigenvalue weighted by Crippen LogP contribution is 2.48. The fourth-order valence-electron chi connectivity index (χ4n) is 6.53. The number of nitrogens with zero attached hydrogens (tertiary/aromatic N) is 4. The van der Waals surface area contributed by atoms with Gasteiger partial charge in [-0.1, -0.05) is 42.5 Å². The molecule has 2 aliphatic carbocycles. The molecule has 0 N–H and O–H groups in total. The van der Waals surface area contributed by atoms with Crippen molar-refractivity contribution < 1.29 is 0 Å². The van der Waals surface area contributed by atoms with Gasteiger partial charge in [0.1, 0.15) is 5.65 Å². The summed E-state index contributed by atoms with van der Waals surface area (Å²) in [5, 5.41) is 2.17. The second kappa shape index (κ2) is 6.10. The summed E-state index contributed by atoms with van der Waals surface area (Å²) < 4.78 is 2.27. The first-order chi connectivity index (χ1) is 17.4. The molecule has 162 valence electrons. The van der Waals surface area contributed by atoms with Crippen LogP contribution in [0.5, 0.6) is 0 Å². The molecule has 0 fully saturated rings. The Hall–Kier alpha value is -4.57. The van der Waals surface area contributed by atoms with Crippen LogP contribution in [0.2, 0.25) is 0 Å². The minimum absolute atomic E-state index is 0.926. The van der Waals surface area contributed by atoms with Gasteiger partial charge in [-0.3, -0.25) is 14.4 Å². The van der Waals surface area contributed by atoms with E-state index in [0.29, 0.717) is 0 Å². The van der Waals surface area contributed by atoms with E-state index < -0.39 is 0 Å². The second-order valence-electron chi connectivity index (χ2n) is 9.65. The van der Waals surface area contributed by atoms with Crippen LogP contribution < -0.4 is 0 Å². The molecule has 0 bridgehead atoms. The summed E-state index contributed by atoms with van der Waals surface area (Å²) in [5.74, 6) is 0. The Morgan fingerprint density at radius 1 is 0.600 bits per heavy atom. The van der Waals surface area contributed by atoms with E-state index in [9.17, 15) is 0 Å². The molecule has 0 radical (unpaired) electrons. The molecule has 0 saturated carbocycles. The van der Waals surface area contributed by atoms with E-state index in [2.05, 4.69) is 70.0 Å². The summed E-state index contributed by atoms with van der Waals surface area (Å²) in [7, 11) is 0. The maximum atomic E-state index is 5.28. The molecule has 2 aliphatic rings. The van der Waals surface area contributed by atoms with E-state index in [1.165, 1.54) is 44.5 Å². The van der Waals surface area contributed by atoms with Gasteiger partial charge in [0.2, 0.25) is 0 Å². The van der Waals surface area contributed by atoms with Gasteiger partial charge in [0.15, 0.2) is 0 Å². The Kier molecular flexibility index (Phi) is 3.11. The summed E-state index contributed by atoms with van der Waals surface area (Å²) in [6.45, 7) is 0. The van der Waals surface area contributed by atoms with Gasteiger partial charge in [-0.05, 0) is 75.2 Å². The standard InChI is InChI=1S/C31H18N4/c1-2-5-18-17(4-1)14-24-19(18)7-8-20-21-9-10-27-30(26(21)15-25(20)24)34-31-23-6-3-12-33-29(23)22-11-13-32-16-28(22)35(27)31/h1-13,16H,14-15H2. The molecule has 0 atom stereocenters. The molecule has 9 rings (SSSR count). The van der Waals surface area contributed by atoms with Gasteiger partial charge < -0.3 is 0 Å². The lowest BCUT2D eigenvalue weighted by molar-refractivity contribution is 1.17. The highest BCUT2D eigenvalue weighted by molar-refractivity contribution is 6.12. The van der Waals surface area contributed by atoms with Gasteiger partial charge in [0, 0.05) is 29.6 Å². The Balaban J connectivity index is 1.36. The van der Waals surface area contributed by atoms with E-state index in [4.69, 9.17) is 9.97 Å². The van der Waals surface area contributed by atoms with Crippen molar-refractivity contribution in [2.75, 3.05) is 0 Å². The van der Waals surface area contributed by atoms with Crippen LogP contribution in [-0.4, -0.2) is 19.4 Å². The number of fused-ring (bicyclic) bond motifs is 16. The van der Waals surface area contributed by atoms with E-state index in [1.54, 1.807) is 0 Å². The Morgan fingerprint density at radius 2 is 1.43 bits per heavy atom. The molecule has 4 nitrogen and oxygen atoms in total. The molecule has 35 heavy (non-hydrogen) atoms. The highest BCUT2D eigenvalue weighted by Gasteiger charge is 2.30. The van der Waals surface area contributed by atoms with Gasteiger partial charge in [-0.25, -0.2) is 4.98 Å². The number of aromatic nitrogens is 4. The second-order valence-corrected chi connectivity index (χ2v) is 9.65. The van der Waals surface area contributed by atoms with Crippen molar-refractivity contribution in [1.82, 2.24) is 19.4 Å². The average molecular weight is 447 g/mol. The van der Waals surface area contributed by atoms with Crippen molar-refractivity contribution in [3.63, 3.8) is 0 Å². The summed E-state index contributed by atoms with van der Waals surface area (Å²) in [5.41, 5.74) is 16.4. The zero-order chi connectivity index (χ0) is 22.7. The predicted octanol–water partition coefficient (Wildman–Crippen LogP) is 6.73. The first-order valence-corrected chi connectivity index (χ1v) is 12.0.